The van der Waals surface area contributed by atoms with Gasteiger partial charge in [0.2, 0.25) is 0 Å². The van der Waals surface area contributed by atoms with Crippen molar-refractivity contribution in [1.29, 1.82) is 0 Å². The normalized spacial score (nSPS) is 15.5. The number of ether oxygens (including phenoxy) is 2. The summed E-state index contributed by atoms with van der Waals surface area (Å²) in [4.78, 5) is 13.8. The molecule has 0 aromatic heterocycles. The van der Waals surface area contributed by atoms with Gasteiger partial charge in [-0.05, 0) is 42.0 Å². The Bertz CT molecular complexity index is 826. The van der Waals surface area contributed by atoms with Gasteiger partial charge in [-0.2, -0.15) is 0 Å². The number of amides is 1. The standard InChI is InChI=1S/C21H28N4O3S/c1-16(28-19-8-7-17-5-2-3-6-18(17)15-19)20(26)23-24-21(29)22-9-4-10-25-11-13-27-14-12-25/h2-3,5-8,15-16H,4,9-14H2,1H3,(H,23,26)(H2,22,24,29)/p+1/t16-/m0/s1. The Morgan fingerprint density at radius 1 is 1.17 bits per heavy atom. The van der Waals surface area contributed by atoms with Crippen LogP contribution in [0.1, 0.15) is 13.3 Å². The number of carbonyl (C=O) groups is 1. The predicted octanol–water partition coefficient (Wildman–Crippen LogP) is 0.408. The van der Waals surface area contributed by atoms with E-state index in [1.54, 1.807) is 11.8 Å². The van der Waals surface area contributed by atoms with Gasteiger partial charge in [-0.3, -0.25) is 15.6 Å². The summed E-state index contributed by atoms with van der Waals surface area (Å²) in [6.45, 7) is 7.36. The third kappa shape index (κ3) is 6.85. The molecule has 29 heavy (non-hydrogen) atoms. The number of hydrogen-bond acceptors (Lipinski definition) is 4. The van der Waals surface area contributed by atoms with Crippen molar-refractivity contribution in [1.82, 2.24) is 16.2 Å². The highest BCUT2D eigenvalue weighted by atomic mass is 32.1. The molecule has 0 saturated carbocycles. The molecule has 1 aliphatic heterocycles. The minimum absolute atomic E-state index is 0.292. The number of hydrogen-bond donors (Lipinski definition) is 4. The van der Waals surface area contributed by atoms with Gasteiger partial charge in [-0.1, -0.05) is 30.3 Å². The van der Waals surface area contributed by atoms with E-state index in [1.807, 2.05) is 42.5 Å². The first-order chi connectivity index (χ1) is 14.1. The minimum atomic E-state index is -0.656. The van der Waals surface area contributed by atoms with Gasteiger partial charge >= 0.3 is 0 Å². The van der Waals surface area contributed by atoms with Crippen molar-refractivity contribution in [3.05, 3.63) is 42.5 Å². The average molecular weight is 418 g/mol. The molecular weight excluding hydrogens is 388 g/mol. The molecule has 1 heterocycles. The first-order valence-corrected chi connectivity index (χ1v) is 10.4. The van der Waals surface area contributed by atoms with E-state index in [0.717, 1.165) is 56.6 Å². The van der Waals surface area contributed by atoms with Gasteiger partial charge in [0, 0.05) is 13.0 Å². The number of nitrogens with one attached hydrogen (secondary N) is 4. The van der Waals surface area contributed by atoms with Gasteiger partial charge in [0.15, 0.2) is 11.2 Å². The zero-order valence-corrected chi connectivity index (χ0v) is 17.5. The van der Waals surface area contributed by atoms with Crippen LogP contribution in [0.25, 0.3) is 10.8 Å². The van der Waals surface area contributed by atoms with E-state index in [1.165, 1.54) is 0 Å². The molecule has 156 valence electrons. The van der Waals surface area contributed by atoms with Crippen molar-refractivity contribution < 1.29 is 19.2 Å². The molecule has 7 nitrogen and oxygen atoms in total. The van der Waals surface area contributed by atoms with Crippen molar-refractivity contribution in [2.24, 2.45) is 0 Å². The summed E-state index contributed by atoms with van der Waals surface area (Å²) in [7, 11) is 0. The topological polar surface area (TPSA) is 76.1 Å². The Balaban J connectivity index is 1.33. The molecule has 1 saturated heterocycles. The zero-order chi connectivity index (χ0) is 20.5. The Labute approximate surface area is 176 Å². The van der Waals surface area contributed by atoms with Gasteiger partial charge in [-0.15, -0.1) is 0 Å². The maximum Gasteiger partial charge on any atom is 0.279 e. The van der Waals surface area contributed by atoms with Crippen LogP contribution in [0.4, 0.5) is 0 Å². The third-order valence-electron chi connectivity index (χ3n) is 4.89. The van der Waals surface area contributed by atoms with E-state index >= 15 is 0 Å². The van der Waals surface area contributed by atoms with Gasteiger partial charge in [0.1, 0.15) is 18.8 Å². The zero-order valence-electron chi connectivity index (χ0n) is 16.7. The van der Waals surface area contributed by atoms with Gasteiger partial charge in [0.25, 0.3) is 5.91 Å². The fourth-order valence-electron chi connectivity index (χ4n) is 3.21. The van der Waals surface area contributed by atoms with Gasteiger partial charge in [0.05, 0.1) is 19.8 Å². The van der Waals surface area contributed by atoms with Crippen LogP contribution in [-0.4, -0.2) is 56.5 Å². The second kappa shape index (κ2) is 10.9. The van der Waals surface area contributed by atoms with E-state index in [0.29, 0.717) is 10.9 Å². The number of fused-ring (bicyclic) bond motifs is 1. The smallest absolute Gasteiger partial charge is 0.279 e. The molecule has 1 aliphatic rings. The molecule has 2 aromatic carbocycles. The number of thiocarbonyl (C=S) groups is 1. The highest BCUT2D eigenvalue weighted by Crippen LogP contribution is 2.21. The molecule has 1 atom stereocenters. The van der Waals surface area contributed by atoms with Crippen LogP contribution in [0, 0.1) is 0 Å². The summed E-state index contributed by atoms with van der Waals surface area (Å²) in [5.74, 6) is 0.359. The molecule has 0 unspecified atom stereocenters. The van der Waals surface area contributed by atoms with Crippen molar-refractivity contribution in [3.63, 3.8) is 0 Å². The Morgan fingerprint density at radius 2 is 1.93 bits per heavy atom. The van der Waals surface area contributed by atoms with Crippen LogP contribution in [0.2, 0.25) is 0 Å². The molecule has 2 aromatic rings. The molecule has 1 amide bonds. The van der Waals surface area contributed by atoms with Crippen LogP contribution in [0.15, 0.2) is 42.5 Å². The van der Waals surface area contributed by atoms with E-state index in [2.05, 4.69) is 16.2 Å². The number of carbonyl (C=O) groups excluding carboxylic acids is 1. The summed E-state index contributed by atoms with van der Waals surface area (Å²) in [5, 5.41) is 5.70. The lowest BCUT2D eigenvalue weighted by Gasteiger charge is -2.23. The maximum absolute atomic E-state index is 12.3. The summed E-state index contributed by atoms with van der Waals surface area (Å²) in [6.07, 6.45) is 0.350. The second-order valence-electron chi connectivity index (χ2n) is 7.11. The van der Waals surface area contributed by atoms with E-state index in [-0.39, 0.29) is 5.91 Å². The molecule has 8 heteroatoms. The van der Waals surface area contributed by atoms with Crippen LogP contribution < -0.4 is 25.8 Å². The van der Waals surface area contributed by atoms with E-state index in [4.69, 9.17) is 21.7 Å². The number of morpholine rings is 1. The largest absolute Gasteiger partial charge is 0.481 e. The Morgan fingerprint density at radius 3 is 2.72 bits per heavy atom. The SMILES string of the molecule is C[C@H](Oc1ccc2ccccc2c1)C(=O)NNC(=S)NCCC[NH+]1CCOCC1. The second-order valence-corrected chi connectivity index (χ2v) is 7.51. The van der Waals surface area contributed by atoms with Crippen LogP contribution in [0.5, 0.6) is 5.75 Å². The van der Waals surface area contributed by atoms with Gasteiger partial charge < -0.3 is 19.7 Å². The summed E-state index contributed by atoms with van der Waals surface area (Å²) < 4.78 is 11.1. The van der Waals surface area contributed by atoms with Crippen LogP contribution in [0.3, 0.4) is 0 Å². The van der Waals surface area contributed by atoms with Crippen LogP contribution in [-0.2, 0) is 9.53 Å². The number of rotatable bonds is 7. The monoisotopic (exact) mass is 417 g/mol. The minimum Gasteiger partial charge on any atom is -0.481 e. The fourth-order valence-corrected chi connectivity index (χ4v) is 3.37. The third-order valence-corrected chi connectivity index (χ3v) is 5.14. The lowest BCUT2D eigenvalue weighted by molar-refractivity contribution is -0.908. The van der Waals surface area contributed by atoms with Crippen LogP contribution >= 0.6 is 12.2 Å². The maximum atomic E-state index is 12.3. The number of hydrazine groups is 1. The molecule has 0 aliphatic carbocycles. The number of benzene rings is 2. The molecule has 0 radical (unpaired) electrons. The molecule has 1 fully saturated rings. The molecular formula is C21H29N4O3S+. The molecule has 0 spiro atoms. The molecule has 4 N–H and O–H groups in total. The van der Waals surface area contributed by atoms with E-state index in [9.17, 15) is 4.79 Å². The summed E-state index contributed by atoms with van der Waals surface area (Å²) in [6, 6.07) is 13.8. The van der Waals surface area contributed by atoms with Crippen molar-refractivity contribution >= 4 is 34.0 Å². The van der Waals surface area contributed by atoms with Crippen molar-refractivity contribution in [2.45, 2.75) is 19.4 Å². The summed E-state index contributed by atoms with van der Waals surface area (Å²) >= 11 is 5.21. The highest BCUT2D eigenvalue weighted by molar-refractivity contribution is 7.80. The molecule has 0 bridgehead atoms. The van der Waals surface area contributed by atoms with Crippen molar-refractivity contribution in [3.8, 4) is 5.75 Å². The van der Waals surface area contributed by atoms with E-state index < -0.39 is 6.10 Å². The lowest BCUT2D eigenvalue weighted by atomic mass is 10.1. The quantitative estimate of drug-likeness (QED) is 0.297. The highest BCUT2D eigenvalue weighted by Gasteiger charge is 2.15. The first-order valence-electron chi connectivity index (χ1n) is 10.0. The molecule has 3 rings (SSSR count). The first kappa shape index (κ1) is 21.3. The Hall–Kier alpha value is -2.42. The number of quaternary nitrogens is 1. The summed E-state index contributed by atoms with van der Waals surface area (Å²) in [5.41, 5.74) is 5.32. The average Bonchev–Trinajstić information content (AvgIpc) is 2.75. The van der Waals surface area contributed by atoms with Crippen molar-refractivity contribution in [2.75, 3.05) is 39.4 Å². The fraction of sp³-hybridized carbons (Fsp3) is 0.429. The predicted molar refractivity (Wildman–Crippen MR) is 117 cm³/mol. The lowest BCUT2D eigenvalue weighted by Crippen LogP contribution is -3.14. The van der Waals surface area contributed by atoms with Gasteiger partial charge in [-0.25, -0.2) is 0 Å². The Kier molecular flexibility index (Phi) is 8.03.